The minimum atomic E-state index is -4.47. The smallest absolute Gasteiger partial charge is 0.384 e. The highest BCUT2D eigenvalue weighted by atomic mass is 19.4. The van der Waals surface area contributed by atoms with Crippen molar-refractivity contribution in [2.24, 2.45) is 0 Å². The van der Waals surface area contributed by atoms with Gasteiger partial charge >= 0.3 is 6.18 Å². The Balaban J connectivity index is 3.52. The summed E-state index contributed by atoms with van der Waals surface area (Å²) in [5.74, 6) is 0. The fourth-order valence-electron chi connectivity index (χ4n) is 0.619. The molecule has 0 aliphatic carbocycles. The Morgan fingerprint density at radius 2 is 2.00 bits per heavy atom. The van der Waals surface area contributed by atoms with E-state index in [0.29, 0.717) is 12.8 Å². The first-order valence-electron chi connectivity index (χ1n) is 3.34. The van der Waals surface area contributed by atoms with Crippen LogP contribution in [0, 0.1) is 0 Å². The molecule has 0 fully saturated rings. The molecule has 0 saturated carbocycles. The molecular weight excluding hydrogens is 157 g/mol. The molecule has 1 atom stereocenters. The lowest BCUT2D eigenvalue weighted by Gasteiger charge is -2.13. The highest BCUT2D eigenvalue weighted by Gasteiger charge is 2.37. The van der Waals surface area contributed by atoms with Gasteiger partial charge in [-0.3, -0.25) is 0 Å². The normalized spacial score (nSPS) is 14.5. The summed E-state index contributed by atoms with van der Waals surface area (Å²) in [6, 6.07) is 0. The van der Waals surface area contributed by atoms with Gasteiger partial charge in [0.25, 0.3) is 0 Å². The van der Waals surface area contributed by atoms with E-state index in [9.17, 15) is 13.2 Å². The van der Waals surface area contributed by atoms with Gasteiger partial charge in [-0.2, -0.15) is 13.2 Å². The van der Waals surface area contributed by atoms with Crippen molar-refractivity contribution in [3.8, 4) is 0 Å². The highest BCUT2D eigenvalue weighted by molar-refractivity contribution is 4.70. The Hall–Kier alpha value is -0.510. The summed E-state index contributed by atoms with van der Waals surface area (Å²) in [7, 11) is 0. The SMILES string of the molecule is C=CCCCC(O)C(F)(F)F. The van der Waals surface area contributed by atoms with Gasteiger partial charge in [-0.05, 0) is 19.3 Å². The van der Waals surface area contributed by atoms with E-state index in [1.165, 1.54) is 6.08 Å². The van der Waals surface area contributed by atoms with E-state index in [-0.39, 0.29) is 6.42 Å². The van der Waals surface area contributed by atoms with E-state index in [0.717, 1.165) is 0 Å². The molecule has 0 aromatic carbocycles. The number of hydrogen-bond acceptors (Lipinski definition) is 1. The molecular formula is C7H11F3O. The summed E-state index contributed by atoms with van der Waals surface area (Å²) in [6.45, 7) is 3.36. The van der Waals surface area contributed by atoms with Crippen LogP contribution in [0.4, 0.5) is 13.2 Å². The molecule has 0 radical (unpaired) electrons. The minimum Gasteiger partial charge on any atom is -0.384 e. The molecule has 0 spiro atoms. The van der Waals surface area contributed by atoms with Gasteiger partial charge in [0, 0.05) is 0 Å². The zero-order chi connectivity index (χ0) is 8.91. The van der Waals surface area contributed by atoms with E-state index >= 15 is 0 Å². The van der Waals surface area contributed by atoms with Crippen LogP contribution >= 0.6 is 0 Å². The summed E-state index contributed by atoms with van der Waals surface area (Å²) in [4.78, 5) is 0. The molecule has 0 bridgehead atoms. The van der Waals surface area contributed by atoms with Gasteiger partial charge in [-0.15, -0.1) is 6.58 Å². The number of halogens is 3. The number of unbranched alkanes of at least 4 members (excludes halogenated alkanes) is 1. The molecule has 0 aromatic rings. The van der Waals surface area contributed by atoms with E-state index in [4.69, 9.17) is 5.11 Å². The fraction of sp³-hybridized carbons (Fsp3) is 0.714. The number of alkyl halides is 3. The van der Waals surface area contributed by atoms with Crippen molar-refractivity contribution in [3.05, 3.63) is 12.7 Å². The quantitative estimate of drug-likeness (QED) is 0.504. The van der Waals surface area contributed by atoms with Crippen molar-refractivity contribution < 1.29 is 18.3 Å². The molecule has 0 aromatic heterocycles. The third-order valence-corrected chi connectivity index (χ3v) is 1.26. The van der Waals surface area contributed by atoms with Crippen molar-refractivity contribution >= 4 is 0 Å². The summed E-state index contributed by atoms with van der Waals surface area (Å²) < 4.78 is 34.8. The van der Waals surface area contributed by atoms with Gasteiger partial charge in [0.2, 0.25) is 0 Å². The third kappa shape index (κ3) is 4.84. The van der Waals surface area contributed by atoms with Crippen LogP contribution in [0.15, 0.2) is 12.7 Å². The Bertz CT molecular complexity index is 119. The van der Waals surface area contributed by atoms with E-state index in [1.54, 1.807) is 0 Å². The van der Waals surface area contributed by atoms with Crippen LogP contribution in [0.5, 0.6) is 0 Å². The fourth-order valence-corrected chi connectivity index (χ4v) is 0.619. The van der Waals surface area contributed by atoms with Crippen LogP contribution in [-0.2, 0) is 0 Å². The monoisotopic (exact) mass is 168 g/mol. The maximum atomic E-state index is 11.6. The lowest BCUT2D eigenvalue weighted by atomic mass is 10.1. The van der Waals surface area contributed by atoms with Crippen LogP contribution in [-0.4, -0.2) is 17.4 Å². The van der Waals surface area contributed by atoms with E-state index in [2.05, 4.69) is 6.58 Å². The molecule has 11 heavy (non-hydrogen) atoms. The second-order valence-corrected chi connectivity index (χ2v) is 2.28. The van der Waals surface area contributed by atoms with Crippen molar-refractivity contribution in [1.29, 1.82) is 0 Å². The molecule has 0 aliphatic heterocycles. The average Bonchev–Trinajstić information content (AvgIpc) is 1.86. The zero-order valence-corrected chi connectivity index (χ0v) is 6.06. The van der Waals surface area contributed by atoms with E-state index in [1.807, 2.05) is 0 Å². The first kappa shape index (κ1) is 10.5. The Morgan fingerprint density at radius 3 is 2.36 bits per heavy atom. The molecule has 0 amide bonds. The second kappa shape index (κ2) is 4.38. The lowest BCUT2D eigenvalue weighted by Crippen LogP contribution is -2.28. The molecule has 0 saturated heterocycles. The van der Waals surface area contributed by atoms with Crippen LogP contribution in [0.1, 0.15) is 19.3 Å². The first-order chi connectivity index (χ1) is 4.98. The predicted molar refractivity (Wildman–Crippen MR) is 36.1 cm³/mol. The molecule has 66 valence electrons. The topological polar surface area (TPSA) is 20.2 Å². The standard InChI is InChI=1S/C7H11F3O/c1-2-3-4-5-6(11)7(8,9)10/h2,6,11H,1,3-5H2. The predicted octanol–water partition coefficient (Wildman–Crippen LogP) is 2.27. The molecule has 0 aliphatic rings. The van der Waals surface area contributed by atoms with Gasteiger partial charge in [0.05, 0.1) is 0 Å². The van der Waals surface area contributed by atoms with Crippen molar-refractivity contribution in [2.75, 3.05) is 0 Å². The third-order valence-electron chi connectivity index (χ3n) is 1.26. The van der Waals surface area contributed by atoms with Crippen LogP contribution in [0.25, 0.3) is 0 Å². The van der Waals surface area contributed by atoms with Gasteiger partial charge in [-0.1, -0.05) is 6.08 Å². The summed E-state index contributed by atoms with van der Waals surface area (Å²) in [5, 5.41) is 8.45. The molecule has 4 heteroatoms. The Labute approximate surface area is 63.5 Å². The second-order valence-electron chi connectivity index (χ2n) is 2.28. The molecule has 1 nitrogen and oxygen atoms in total. The first-order valence-corrected chi connectivity index (χ1v) is 3.34. The molecule has 1 N–H and O–H groups in total. The summed E-state index contributed by atoms with van der Waals surface area (Å²) in [5.41, 5.74) is 0. The number of allylic oxidation sites excluding steroid dienone is 1. The Morgan fingerprint density at radius 1 is 1.45 bits per heavy atom. The maximum absolute atomic E-state index is 11.6. The summed E-state index contributed by atoms with van der Waals surface area (Å²) in [6.07, 6.45) is -4.53. The van der Waals surface area contributed by atoms with Gasteiger partial charge in [0.15, 0.2) is 0 Å². The Kier molecular flexibility index (Phi) is 4.18. The zero-order valence-electron chi connectivity index (χ0n) is 6.06. The summed E-state index contributed by atoms with van der Waals surface area (Å²) >= 11 is 0. The number of hydrogen-bond donors (Lipinski definition) is 1. The lowest BCUT2D eigenvalue weighted by molar-refractivity contribution is -0.205. The van der Waals surface area contributed by atoms with Crippen LogP contribution in [0.3, 0.4) is 0 Å². The van der Waals surface area contributed by atoms with Crippen molar-refractivity contribution in [1.82, 2.24) is 0 Å². The molecule has 0 heterocycles. The highest BCUT2D eigenvalue weighted by Crippen LogP contribution is 2.23. The number of aliphatic hydroxyl groups is 1. The van der Waals surface area contributed by atoms with Crippen LogP contribution < -0.4 is 0 Å². The van der Waals surface area contributed by atoms with Gasteiger partial charge in [-0.25, -0.2) is 0 Å². The molecule has 0 rings (SSSR count). The van der Waals surface area contributed by atoms with Gasteiger partial charge < -0.3 is 5.11 Å². The molecule has 1 unspecified atom stereocenters. The average molecular weight is 168 g/mol. The number of rotatable bonds is 4. The maximum Gasteiger partial charge on any atom is 0.414 e. The van der Waals surface area contributed by atoms with E-state index < -0.39 is 12.3 Å². The van der Waals surface area contributed by atoms with Gasteiger partial charge in [0.1, 0.15) is 6.10 Å². The van der Waals surface area contributed by atoms with Crippen molar-refractivity contribution in [2.45, 2.75) is 31.5 Å². The van der Waals surface area contributed by atoms with Crippen molar-refractivity contribution in [3.63, 3.8) is 0 Å². The largest absolute Gasteiger partial charge is 0.414 e. The minimum absolute atomic E-state index is 0.241. The number of aliphatic hydroxyl groups excluding tert-OH is 1. The van der Waals surface area contributed by atoms with Crippen LogP contribution in [0.2, 0.25) is 0 Å².